The minimum atomic E-state index is 0.00937. The van der Waals surface area contributed by atoms with Gasteiger partial charge < -0.3 is 15.1 Å². The predicted molar refractivity (Wildman–Crippen MR) is 118 cm³/mol. The molecule has 4 rings (SSSR count). The molecule has 0 bridgehead atoms. The summed E-state index contributed by atoms with van der Waals surface area (Å²) < 4.78 is 0. The molecular formula is C24H23N5O. The molecule has 1 aliphatic heterocycles. The Morgan fingerprint density at radius 2 is 1.83 bits per heavy atom. The molecule has 1 fully saturated rings. The Morgan fingerprint density at radius 3 is 2.60 bits per heavy atom. The SMILES string of the molecule is Cc1cccc(N2CCN(C(=O)c3ccnc(Nc4cccc(C#N)c4)c3)CC2)c1. The van der Waals surface area contributed by atoms with Gasteiger partial charge in [0.1, 0.15) is 5.82 Å². The third-order valence-electron chi connectivity index (χ3n) is 5.20. The molecule has 0 saturated carbocycles. The standard InChI is InChI=1S/C24H23N5O/c1-18-4-2-7-22(14-18)28-10-12-29(13-11-28)24(30)20-8-9-26-23(16-20)27-21-6-3-5-19(15-21)17-25/h2-9,14-16H,10-13H2,1H3,(H,26,27). The monoisotopic (exact) mass is 397 g/mol. The molecule has 0 aliphatic carbocycles. The highest BCUT2D eigenvalue weighted by Gasteiger charge is 2.22. The van der Waals surface area contributed by atoms with Crippen molar-refractivity contribution < 1.29 is 4.79 Å². The Bertz CT molecular complexity index is 1100. The van der Waals surface area contributed by atoms with E-state index in [4.69, 9.17) is 5.26 Å². The summed E-state index contributed by atoms with van der Waals surface area (Å²) in [4.78, 5) is 21.5. The summed E-state index contributed by atoms with van der Waals surface area (Å²) in [5.74, 6) is 0.587. The van der Waals surface area contributed by atoms with Gasteiger partial charge in [0.25, 0.3) is 5.91 Å². The zero-order valence-corrected chi connectivity index (χ0v) is 16.9. The summed E-state index contributed by atoms with van der Waals surface area (Å²) in [5.41, 5.74) is 4.38. The third kappa shape index (κ3) is 4.41. The van der Waals surface area contributed by atoms with Crippen LogP contribution in [0.4, 0.5) is 17.2 Å². The second kappa shape index (κ2) is 8.66. The predicted octanol–water partition coefficient (Wildman–Crippen LogP) is 3.97. The van der Waals surface area contributed by atoms with Crippen molar-refractivity contribution in [2.24, 2.45) is 0 Å². The van der Waals surface area contributed by atoms with Gasteiger partial charge in [-0.15, -0.1) is 0 Å². The van der Waals surface area contributed by atoms with Crippen LogP contribution in [-0.4, -0.2) is 42.0 Å². The minimum absolute atomic E-state index is 0.00937. The largest absolute Gasteiger partial charge is 0.368 e. The average molecular weight is 397 g/mol. The van der Waals surface area contributed by atoms with E-state index in [1.807, 2.05) is 17.0 Å². The van der Waals surface area contributed by atoms with Crippen molar-refractivity contribution in [1.29, 1.82) is 5.26 Å². The summed E-state index contributed by atoms with van der Waals surface area (Å²) in [7, 11) is 0. The summed E-state index contributed by atoms with van der Waals surface area (Å²) in [5, 5.41) is 12.2. The fourth-order valence-electron chi connectivity index (χ4n) is 3.62. The van der Waals surface area contributed by atoms with Gasteiger partial charge in [-0.2, -0.15) is 5.26 Å². The number of nitriles is 1. The van der Waals surface area contributed by atoms with Gasteiger partial charge in [0.2, 0.25) is 0 Å². The van der Waals surface area contributed by atoms with Gasteiger partial charge in [0.05, 0.1) is 11.6 Å². The van der Waals surface area contributed by atoms with Crippen molar-refractivity contribution in [1.82, 2.24) is 9.88 Å². The van der Waals surface area contributed by atoms with Crippen LogP contribution < -0.4 is 10.2 Å². The van der Waals surface area contributed by atoms with Crippen LogP contribution in [0.25, 0.3) is 0 Å². The molecule has 1 saturated heterocycles. The number of piperazine rings is 1. The van der Waals surface area contributed by atoms with Gasteiger partial charge >= 0.3 is 0 Å². The highest BCUT2D eigenvalue weighted by Crippen LogP contribution is 2.20. The third-order valence-corrected chi connectivity index (χ3v) is 5.20. The number of aromatic nitrogens is 1. The number of rotatable bonds is 4. The summed E-state index contributed by atoms with van der Waals surface area (Å²) in [6, 6.07) is 21.2. The van der Waals surface area contributed by atoms with E-state index in [1.165, 1.54) is 11.3 Å². The summed E-state index contributed by atoms with van der Waals surface area (Å²) >= 11 is 0. The van der Waals surface area contributed by atoms with Crippen LogP contribution in [0.15, 0.2) is 66.9 Å². The van der Waals surface area contributed by atoms with Gasteiger partial charge in [-0.05, 0) is 55.0 Å². The molecule has 30 heavy (non-hydrogen) atoms. The van der Waals surface area contributed by atoms with Crippen LogP contribution in [0, 0.1) is 18.3 Å². The lowest BCUT2D eigenvalue weighted by Gasteiger charge is -2.36. The number of carbonyl (C=O) groups excluding carboxylic acids is 1. The normalized spacial score (nSPS) is 13.6. The van der Waals surface area contributed by atoms with Crippen LogP contribution in [0.1, 0.15) is 21.5 Å². The van der Waals surface area contributed by atoms with E-state index < -0.39 is 0 Å². The zero-order valence-electron chi connectivity index (χ0n) is 16.9. The van der Waals surface area contributed by atoms with Crippen LogP contribution in [0.2, 0.25) is 0 Å². The number of aryl methyl sites for hydroxylation is 1. The topological polar surface area (TPSA) is 72.3 Å². The van der Waals surface area contributed by atoms with E-state index in [2.05, 4.69) is 52.5 Å². The second-order valence-electron chi connectivity index (χ2n) is 7.37. The lowest BCUT2D eigenvalue weighted by molar-refractivity contribution is 0.0746. The van der Waals surface area contributed by atoms with Crippen LogP contribution in [0.5, 0.6) is 0 Å². The maximum Gasteiger partial charge on any atom is 0.254 e. The number of pyridine rings is 1. The molecule has 0 radical (unpaired) electrons. The molecule has 0 atom stereocenters. The Kier molecular flexibility index (Phi) is 5.62. The van der Waals surface area contributed by atoms with Crippen molar-refractivity contribution in [2.45, 2.75) is 6.92 Å². The smallest absolute Gasteiger partial charge is 0.254 e. The first-order valence-electron chi connectivity index (χ1n) is 9.96. The number of amides is 1. The van der Waals surface area contributed by atoms with E-state index in [-0.39, 0.29) is 5.91 Å². The molecule has 1 amide bonds. The fraction of sp³-hybridized carbons (Fsp3) is 0.208. The quantitative estimate of drug-likeness (QED) is 0.721. The Hall–Kier alpha value is -3.85. The molecule has 1 N–H and O–H groups in total. The lowest BCUT2D eigenvalue weighted by atomic mass is 10.1. The molecule has 6 heteroatoms. The number of benzene rings is 2. The maximum absolute atomic E-state index is 13.0. The first kappa shape index (κ1) is 19.5. The molecule has 150 valence electrons. The van der Waals surface area contributed by atoms with Crippen molar-refractivity contribution >= 4 is 23.1 Å². The van der Waals surface area contributed by atoms with E-state index in [0.717, 1.165) is 18.8 Å². The van der Waals surface area contributed by atoms with Crippen molar-refractivity contribution in [3.05, 3.63) is 83.6 Å². The van der Waals surface area contributed by atoms with Gasteiger partial charge in [-0.1, -0.05) is 18.2 Å². The number of hydrogen-bond donors (Lipinski definition) is 1. The Morgan fingerprint density at radius 1 is 1.03 bits per heavy atom. The van der Waals surface area contributed by atoms with Gasteiger partial charge in [-0.25, -0.2) is 4.98 Å². The molecule has 0 spiro atoms. The van der Waals surface area contributed by atoms with Crippen LogP contribution in [0.3, 0.4) is 0 Å². The van der Waals surface area contributed by atoms with Gasteiger partial charge in [0, 0.05) is 49.3 Å². The number of nitrogens with one attached hydrogen (secondary N) is 1. The maximum atomic E-state index is 13.0. The molecule has 2 aromatic carbocycles. The highest BCUT2D eigenvalue weighted by molar-refractivity contribution is 5.95. The molecular weight excluding hydrogens is 374 g/mol. The van der Waals surface area contributed by atoms with Crippen molar-refractivity contribution in [3.63, 3.8) is 0 Å². The number of hydrogen-bond acceptors (Lipinski definition) is 5. The molecule has 1 aliphatic rings. The zero-order chi connectivity index (χ0) is 20.9. The number of carbonyl (C=O) groups is 1. The molecule has 1 aromatic heterocycles. The van der Waals surface area contributed by atoms with Crippen molar-refractivity contribution in [3.8, 4) is 6.07 Å². The van der Waals surface area contributed by atoms with E-state index >= 15 is 0 Å². The van der Waals surface area contributed by atoms with Gasteiger partial charge in [-0.3, -0.25) is 4.79 Å². The second-order valence-corrected chi connectivity index (χ2v) is 7.37. The van der Waals surface area contributed by atoms with Crippen LogP contribution in [-0.2, 0) is 0 Å². The lowest BCUT2D eigenvalue weighted by Crippen LogP contribution is -2.48. The fourth-order valence-corrected chi connectivity index (χ4v) is 3.62. The first-order chi connectivity index (χ1) is 14.6. The minimum Gasteiger partial charge on any atom is -0.368 e. The molecule has 6 nitrogen and oxygen atoms in total. The summed E-state index contributed by atoms with van der Waals surface area (Å²) in [6.45, 7) is 5.08. The first-order valence-corrected chi connectivity index (χ1v) is 9.96. The molecule has 3 aromatic rings. The molecule has 2 heterocycles. The Labute approximate surface area is 176 Å². The van der Waals surface area contributed by atoms with E-state index in [1.54, 1.807) is 30.5 Å². The number of nitrogens with zero attached hydrogens (tertiary/aromatic N) is 4. The summed E-state index contributed by atoms with van der Waals surface area (Å²) in [6.07, 6.45) is 1.63. The average Bonchev–Trinajstić information content (AvgIpc) is 2.79. The van der Waals surface area contributed by atoms with E-state index in [9.17, 15) is 4.79 Å². The van der Waals surface area contributed by atoms with Crippen molar-refractivity contribution in [2.75, 3.05) is 36.4 Å². The molecule has 0 unspecified atom stereocenters. The number of anilines is 3. The Balaban J connectivity index is 1.41. The van der Waals surface area contributed by atoms with E-state index in [0.29, 0.717) is 30.0 Å². The van der Waals surface area contributed by atoms with Crippen LogP contribution >= 0.6 is 0 Å². The highest BCUT2D eigenvalue weighted by atomic mass is 16.2. The van der Waals surface area contributed by atoms with Gasteiger partial charge in [0.15, 0.2) is 0 Å².